The van der Waals surface area contributed by atoms with Crippen LogP contribution in [-0.2, 0) is 0 Å². The van der Waals surface area contributed by atoms with Crippen molar-refractivity contribution in [3.8, 4) is 11.5 Å². The lowest BCUT2D eigenvalue weighted by molar-refractivity contribution is -0.385. The van der Waals surface area contributed by atoms with E-state index in [1.807, 2.05) is 6.92 Å². The third-order valence-electron chi connectivity index (χ3n) is 2.86. The molecule has 21 heavy (non-hydrogen) atoms. The van der Waals surface area contributed by atoms with Gasteiger partial charge in [0, 0.05) is 16.6 Å². The van der Waals surface area contributed by atoms with Crippen LogP contribution in [0.1, 0.15) is 24.2 Å². The minimum Gasteiger partial charge on any atom is -0.448 e. The second kappa shape index (κ2) is 6.19. The van der Waals surface area contributed by atoms with Gasteiger partial charge in [0.2, 0.25) is 5.75 Å². The Kier molecular flexibility index (Phi) is 4.54. The van der Waals surface area contributed by atoms with Crippen molar-refractivity contribution in [3.05, 3.63) is 56.3 Å². The van der Waals surface area contributed by atoms with E-state index in [-0.39, 0.29) is 17.5 Å². The molecule has 6 nitrogen and oxygen atoms in total. The molecule has 2 rings (SSSR count). The van der Waals surface area contributed by atoms with Crippen molar-refractivity contribution in [2.24, 2.45) is 5.73 Å². The zero-order valence-electron chi connectivity index (χ0n) is 11.5. The quantitative estimate of drug-likeness (QED) is 0.666. The molecule has 0 fully saturated rings. The van der Waals surface area contributed by atoms with Crippen LogP contribution in [0, 0.1) is 17.0 Å². The molecule has 0 amide bonds. The Morgan fingerprint density at radius 3 is 2.67 bits per heavy atom. The summed E-state index contributed by atoms with van der Waals surface area (Å²) in [6.07, 6.45) is 1.50. The molecule has 7 heteroatoms. The van der Waals surface area contributed by atoms with Crippen LogP contribution in [0.4, 0.5) is 5.69 Å². The average molecular weight is 352 g/mol. The number of hydrogen-bond acceptors (Lipinski definition) is 5. The Hall–Kier alpha value is -1.99. The zero-order valence-corrected chi connectivity index (χ0v) is 13.1. The summed E-state index contributed by atoms with van der Waals surface area (Å²) in [4.78, 5) is 14.8. The molecule has 1 unspecified atom stereocenters. The summed E-state index contributed by atoms with van der Waals surface area (Å²) in [7, 11) is 0. The topological polar surface area (TPSA) is 91.3 Å². The van der Waals surface area contributed by atoms with Crippen molar-refractivity contribution in [3.63, 3.8) is 0 Å². The number of benzene rings is 1. The van der Waals surface area contributed by atoms with Crippen LogP contribution in [0.5, 0.6) is 11.5 Å². The standard InChI is InChI=1S/C14H14BrN3O3/c1-8-5-10(15)6-13(18(19)20)14(8)21-11-3-4-12(9(2)16)17-7-11/h3-7,9H,16H2,1-2H3. The summed E-state index contributed by atoms with van der Waals surface area (Å²) in [6.45, 7) is 3.57. The van der Waals surface area contributed by atoms with Gasteiger partial charge in [-0.05, 0) is 37.6 Å². The van der Waals surface area contributed by atoms with Gasteiger partial charge in [-0.2, -0.15) is 0 Å². The van der Waals surface area contributed by atoms with Gasteiger partial charge in [-0.3, -0.25) is 15.1 Å². The molecule has 0 radical (unpaired) electrons. The predicted octanol–water partition coefficient (Wildman–Crippen LogP) is 3.87. The monoisotopic (exact) mass is 351 g/mol. The Labute approximate surface area is 130 Å². The lowest BCUT2D eigenvalue weighted by atomic mass is 10.2. The summed E-state index contributed by atoms with van der Waals surface area (Å²) >= 11 is 3.24. The first-order chi connectivity index (χ1) is 9.88. The van der Waals surface area contributed by atoms with Gasteiger partial charge in [0.1, 0.15) is 5.75 Å². The largest absolute Gasteiger partial charge is 0.448 e. The Bertz CT molecular complexity index is 672. The first-order valence-electron chi connectivity index (χ1n) is 6.22. The first kappa shape index (κ1) is 15.4. The molecule has 1 aromatic carbocycles. The predicted molar refractivity (Wildman–Crippen MR) is 82.4 cm³/mol. The Morgan fingerprint density at radius 2 is 2.14 bits per heavy atom. The van der Waals surface area contributed by atoms with Gasteiger partial charge in [-0.25, -0.2) is 0 Å². The van der Waals surface area contributed by atoms with Crippen LogP contribution in [0.2, 0.25) is 0 Å². The molecule has 0 spiro atoms. The summed E-state index contributed by atoms with van der Waals surface area (Å²) in [6, 6.07) is 6.41. The van der Waals surface area contributed by atoms with Crippen LogP contribution in [0.25, 0.3) is 0 Å². The zero-order chi connectivity index (χ0) is 15.6. The second-order valence-corrected chi connectivity index (χ2v) is 5.55. The molecule has 0 aliphatic carbocycles. The summed E-state index contributed by atoms with van der Waals surface area (Å²) < 4.78 is 6.25. The average Bonchev–Trinajstić information content (AvgIpc) is 2.41. The first-order valence-corrected chi connectivity index (χ1v) is 7.01. The number of pyridine rings is 1. The SMILES string of the molecule is Cc1cc(Br)cc([N+](=O)[O-])c1Oc1ccc(C(C)N)nc1. The van der Waals surface area contributed by atoms with Crippen LogP contribution in [0.15, 0.2) is 34.9 Å². The second-order valence-electron chi connectivity index (χ2n) is 4.64. The number of halogens is 1. The molecule has 1 heterocycles. The molecule has 0 bridgehead atoms. The van der Waals surface area contributed by atoms with E-state index in [1.54, 1.807) is 25.1 Å². The van der Waals surface area contributed by atoms with Crippen LogP contribution in [-0.4, -0.2) is 9.91 Å². The molecule has 110 valence electrons. The third kappa shape index (κ3) is 3.56. The fraction of sp³-hybridized carbons (Fsp3) is 0.214. The number of nitrogens with zero attached hydrogens (tertiary/aromatic N) is 2. The van der Waals surface area contributed by atoms with Crippen LogP contribution < -0.4 is 10.5 Å². The number of nitro groups is 1. The summed E-state index contributed by atoms with van der Waals surface area (Å²) in [5.74, 6) is 0.631. The third-order valence-corrected chi connectivity index (χ3v) is 3.32. The molecule has 0 saturated heterocycles. The number of nitrogens with two attached hydrogens (primary N) is 1. The van der Waals surface area contributed by atoms with Gasteiger partial charge < -0.3 is 10.5 Å². The molecule has 1 atom stereocenters. The highest BCUT2D eigenvalue weighted by molar-refractivity contribution is 9.10. The van der Waals surface area contributed by atoms with E-state index < -0.39 is 4.92 Å². The van der Waals surface area contributed by atoms with Gasteiger partial charge in [0.05, 0.1) is 16.8 Å². The van der Waals surface area contributed by atoms with E-state index in [0.29, 0.717) is 15.8 Å². The van der Waals surface area contributed by atoms with Crippen molar-refractivity contribution in [1.29, 1.82) is 0 Å². The van der Waals surface area contributed by atoms with Crippen molar-refractivity contribution >= 4 is 21.6 Å². The number of hydrogen-bond donors (Lipinski definition) is 1. The van der Waals surface area contributed by atoms with E-state index >= 15 is 0 Å². The van der Waals surface area contributed by atoms with Gasteiger partial charge in [-0.1, -0.05) is 15.9 Å². The van der Waals surface area contributed by atoms with Gasteiger partial charge >= 0.3 is 5.69 Å². The lowest BCUT2D eigenvalue weighted by Gasteiger charge is -2.10. The molecule has 0 aliphatic rings. The number of ether oxygens (including phenoxy) is 1. The lowest BCUT2D eigenvalue weighted by Crippen LogP contribution is -2.06. The van der Waals surface area contributed by atoms with E-state index in [4.69, 9.17) is 10.5 Å². The number of nitro benzene ring substituents is 1. The smallest absolute Gasteiger partial charge is 0.312 e. The highest BCUT2D eigenvalue weighted by Gasteiger charge is 2.19. The van der Waals surface area contributed by atoms with Crippen molar-refractivity contribution in [1.82, 2.24) is 4.98 Å². The number of aryl methyl sites for hydroxylation is 1. The van der Waals surface area contributed by atoms with E-state index in [9.17, 15) is 10.1 Å². The fourth-order valence-electron chi connectivity index (χ4n) is 1.82. The molecule has 2 N–H and O–H groups in total. The highest BCUT2D eigenvalue weighted by Crippen LogP contribution is 2.37. The Balaban J connectivity index is 2.37. The fourth-order valence-corrected chi connectivity index (χ4v) is 2.38. The minimum atomic E-state index is -0.475. The maximum Gasteiger partial charge on any atom is 0.312 e. The molecule has 1 aromatic heterocycles. The molecular weight excluding hydrogens is 338 g/mol. The Morgan fingerprint density at radius 1 is 1.43 bits per heavy atom. The van der Waals surface area contributed by atoms with Crippen LogP contribution in [0.3, 0.4) is 0 Å². The molecule has 0 saturated carbocycles. The van der Waals surface area contributed by atoms with E-state index in [2.05, 4.69) is 20.9 Å². The molecule has 2 aromatic rings. The van der Waals surface area contributed by atoms with E-state index in [1.165, 1.54) is 12.3 Å². The normalized spacial score (nSPS) is 12.0. The van der Waals surface area contributed by atoms with Gasteiger partial charge in [0.15, 0.2) is 0 Å². The van der Waals surface area contributed by atoms with Crippen molar-refractivity contribution < 1.29 is 9.66 Å². The van der Waals surface area contributed by atoms with Crippen LogP contribution >= 0.6 is 15.9 Å². The van der Waals surface area contributed by atoms with Crippen molar-refractivity contribution in [2.45, 2.75) is 19.9 Å². The van der Waals surface area contributed by atoms with Crippen molar-refractivity contribution in [2.75, 3.05) is 0 Å². The summed E-state index contributed by atoms with van der Waals surface area (Å²) in [5.41, 5.74) is 7.01. The van der Waals surface area contributed by atoms with E-state index in [0.717, 1.165) is 5.69 Å². The maximum absolute atomic E-state index is 11.1. The maximum atomic E-state index is 11.1. The number of aromatic nitrogens is 1. The summed E-state index contributed by atoms with van der Waals surface area (Å²) in [5, 5.41) is 11.1. The molecular formula is C14H14BrN3O3. The molecule has 0 aliphatic heterocycles. The minimum absolute atomic E-state index is 0.0989. The number of rotatable bonds is 4. The highest BCUT2D eigenvalue weighted by atomic mass is 79.9. The van der Waals surface area contributed by atoms with Gasteiger partial charge in [0.25, 0.3) is 0 Å². The van der Waals surface area contributed by atoms with Gasteiger partial charge in [-0.15, -0.1) is 0 Å².